The summed E-state index contributed by atoms with van der Waals surface area (Å²) in [5, 5.41) is 0.756. The smallest absolute Gasteiger partial charge is 0.325 e. The second-order valence-electron chi connectivity index (χ2n) is 3.78. The van der Waals surface area contributed by atoms with Crippen LogP contribution in [-0.4, -0.2) is 36.5 Å². The molecule has 0 atom stereocenters. The standard InChI is InChI=1S/C13H15Cl2NO3/c1-3-16(8-12(17)19-4-2)13(18)9-5-10(14)7-11(15)6-9/h5-7H,3-4,8H2,1-2H3. The average molecular weight is 304 g/mol. The normalized spacial score (nSPS) is 10.1. The van der Waals surface area contributed by atoms with Gasteiger partial charge in [0.15, 0.2) is 0 Å². The van der Waals surface area contributed by atoms with E-state index in [1.807, 2.05) is 0 Å². The van der Waals surface area contributed by atoms with E-state index in [4.69, 9.17) is 27.9 Å². The number of likely N-dealkylation sites (N-methyl/N-ethyl adjacent to an activating group) is 1. The molecule has 0 bridgehead atoms. The van der Waals surface area contributed by atoms with E-state index in [0.29, 0.717) is 22.2 Å². The summed E-state index contributed by atoms with van der Waals surface area (Å²) in [5.74, 6) is -0.745. The summed E-state index contributed by atoms with van der Waals surface area (Å²) < 4.78 is 4.82. The number of carbonyl (C=O) groups is 2. The van der Waals surface area contributed by atoms with Gasteiger partial charge in [-0.05, 0) is 32.0 Å². The van der Waals surface area contributed by atoms with Crippen LogP contribution >= 0.6 is 23.2 Å². The Morgan fingerprint density at radius 2 is 1.74 bits per heavy atom. The first-order chi connectivity index (χ1) is 8.97. The molecule has 0 aliphatic carbocycles. The molecule has 0 spiro atoms. The number of hydrogen-bond donors (Lipinski definition) is 0. The van der Waals surface area contributed by atoms with Crippen LogP contribution in [0, 0.1) is 0 Å². The van der Waals surface area contributed by atoms with Crippen molar-refractivity contribution in [2.24, 2.45) is 0 Å². The first kappa shape index (κ1) is 15.8. The molecular formula is C13H15Cl2NO3. The van der Waals surface area contributed by atoms with Crippen molar-refractivity contribution in [3.8, 4) is 0 Å². The minimum Gasteiger partial charge on any atom is -0.465 e. The molecule has 4 nitrogen and oxygen atoms in total. The second-order valence-corrected chi connectivity index (χ2v) is 4.66. The van der Waals surface area contributed by atoms with Gasteiger partial charge in [-0.2, -0.15) is 0 Å². The number of carbonyl (C=O) groups excluding carboxylic acids is 2. The van der Waals surface area contributed by atoms with Crippen LogP contribution in [0.3, 0.4) is 0 Å². The highest BCUT2D eigenvalue weighted by atomic mass is 35.5. The predicted molar refractivity (Wildman–Crippen MR) is 74.7 cm³/mol. The maximum absolute atomic E-state index is 12.2. The lowest BCUT2D eigenvalue weighted by Gasteiger charge is -2.20. The van der Waals surface area contributed by atoms with E-state index in [9.17, 15) is 9.59 Å². The van der Waals surface area contributed by atoms with Crippen molar-refractivity contribution in [1.29, 1.82) is 0 Å². The molecule has 1 aromatic carbocycles. The molecule has 0 N–H and O–H groups in total. The summed E-state index contributed by atoms with van der Waals surface area (Å²) in [5.41, 5.74) is 0.351. The highest BCUT2D eigenvalue weighted by molar-refractivity contribution is 6.35. The molecule has 0 radical (unpaired) electrons. The van der Waals surface area contributed by atoms with Crippen LogP contribution in [0.25, 0.3) is 0 Å². The van der Waals surface area contributed by atoms with Crippen LogP contribution in [0.5, 0.6) is 0 Å². The first-order valence-corrected chi connectivity index (χ1v) is 6.64. The Morgan fingerprint density at radius 3 is 2.21 bits per heavy atom. The van der Waals surface area contributed by atoms with E-state index < -0.39 is 5.97 Å². The fourth-order valence-corrected chi connectivity index (χ4v) is 2.08. The molecule has 0 aromatic heterocycles. The molecule has 0 saturated heterocycles. The zero-order valence-corrected chi connectivity index (χ0v) is 12.3. The van der Waals surface area contributed by atoms with Gasteiger partial charge in [-0.1, -0.05) is 23.2 Å². The molecule has 0 unspecified atom stereocenters. The Bertz CT molecular complexity index is 457. The molecule has 0 aliphatic rings. The SMILES string of the molecule is CCOC(=O)CN(CC)C(=O)c1cc(Cl)cc(Cl)c1. The molecule has 1 rings (SSSR count). The quantitative estimate of drug-likeness (QED) is 0.786. The Labute approximate surface area is 122 Å². The maximum atomic E-state index is 12.2. The lowest BCUT2D eigenvalue weighted by molar-refractivity contribution is -0.143. The molecule has 6 heteroatoms. The lowest BCUT2D eigenvalue weighted by Crippen LogP contribution is -2.36. The van der Waals surface area contributed by atoms with E-state index in [-0.39, 0.29) is 19.1 Å². The molecule has 0 saturated carbocycles. The van der Waals surface area contributed by atoms with Gasteiger partial charge in [0.1, 0.15) is 6.54 Å². The third-order valence-electron chi connectivity index (χ3n) is 2.40. The Balaban J connectivity index is 2.86. The highest BCUT2D eigenvalue weighted by Gasteiger charge is 2.18. The zero-order chi connectivity index (χ0) is 14.4. The molecule has 104 valence electrons. The van der Waals surface area contributed by atoms with E-state index in [2.05, 4.69) is 0 Å². The van der Waals surface area contributed by atoms with E-state index >= 15 is 0 Å². The van der Waals surface area contributed by atoms with Gasteiger partial charge >= 0.3 is 5.97 Å². The van der Waals surface area contributed by atoms with Gasteiger partial charge in [-0.15, -0.1) is 0 Å². The number of halogens is 2. The van der Waals surface area contributed by atoms with Gasteiger partial charge in [-0.3, -0.25) is 9.59 Å². The summed E-state index contributed by atoms with van der Waals surface area (Å²) in [7, 11) is 0. The number of hydrogen-bond acceptors (Lipinski definition) is 3. The minimum atomic E-state index is -0.439. The van der Waals surface area contributed by atoms with Gasteiger partial charge in [0.05, 0.1) is 6.61 Å². The summed E-state index contributed by atoms with van der Waals surface area (Å²) in [6.07, 6.45) is 0. The van der Waals surface area contributed by atoms with Gasteiger partial charge in [0.2, 0.25) is 0 Å². The van der Waals surface area contributed by atoms with Crippen molar-refractivity contribution < 1.29 is 14.3 Å². The summed E-state index contributed by atoms with van der Waals surface area (Å²) >= 11 is 11.7. The molecule has 19 heavy (non-hydrogen) atoms. The van der Waals surface area contributed by atoms with E-state index in [1.165, 1.54) is 17.0 Å². The Kier molecular flexibility index (Phi) is 6.12. The Morgan fingerprint density at radius 1 is 1.16 bits per heavy atom. The predicted octanol–water partition coefficient (Wildman–Crippen LogP) is 3.02. The van der Waals surface area contributed by atoms with Crippen LogP contribution in [0.4, 0.5) is 0 Å². The minimum absolute atomic E-state index is 0.0900. The molecular weight excluding hydrogens is 289 g/mol. The van der Waals surface area contributed by atoms with Crippen molar-refractivity contribution in [3.63, 3.8) is 0 Å². The Hall–Kier alpha value is -1.26. The van der Waals surface area contributed by atoms with Crippen molar-refractivity contribution in [2.45, 2.75) is 13.8 Å². The second kappa shape index (κ2) is 7.36. The average Bonchev–Trinajstić information content (AvgIpc) is 2.34. The van der Waals surface area contributed by atoms with Crippen molar-refractivity contribution in [3.05, 3.63) is 33.8 Å². The first-order valence-electron chi connectivity index (χ1n) is 5.88. The summed E-state index contributed by atoms with van der Waals surface area (Å²) in [6, 6.07) is 4.58. The zero-order valence-electron chi connectivity index (χ0n) is 10.8. The van der Waals surface area contributed by atoms with Crippen molar-refractivity contribution >= 4 is 35.1 Å². The van der Waals surface area contributed by atoms with Crippen LogP contribution in [0.15, 0.2) is 18.2 Å². The summed E-state index contributed by atoms with van der Waals surface area (Å²) in [4.78, 5) is 25.0. The van der Waals surface area contributed by atoms with Crippen molar-refractivity contribution in [1.82, 2.24) is 4.90 Å². The lowest BCUT2D eigenvalue weighted by atomic mass is 10.2. The third kappa shape index (κ3) is 4.73. The van der Waals surface area contributed by atoms with Crippen LogP contribution in [-0.2, 0) is 9.53 Å². The maximum Gasteiger partial charge on any atom is 0.325 e. The number of nitrogens with zero attached hydrogens (tertiary/aromatic N) is 1. The van der Waals surface area contributed by atoms with Gasteiger partial charge in [0.25, 0.3) is 5.91 Å². The van der Waals surface area contributed by atoms with E-state index in [0.717, 1.165) is 0 Å². The fourth-order valence-electron chi connectivity index (χ4n) is 1.55. The third-order valence-corrected chi connectivity index (χ3v) is 2.84. The number of amides is 1. The van der Waals surface area contributed by atoms with Crippen LogP contribution < -0.4 is 0 Å². The highest BCUT2D eigenvalue weighted by Crippen LogP contribution is 2.20. The largest absolute Gasteiger partial charge is 0.465 e. The summed E-state index contributed by atoms with van der Waals surface area (Å²) in [6.45, 7) is 4.08. The van der Waals surface area contributed by atoms with Gasteiger partial charge in [0, 0.05) is 22.2 Å². The van der Waals surface area contributed by atoms with Crippen molar-refractivity contribution in [2.75, 3.05) is 19.7 Å². The monoisotopic (exact) mass is 303 g/mol. The molecule has 0 aliphatic heterocycles. The van der Waals surface area contributed by atoms with Gasteiger partial charge in [-0.25, -0.2) is 0 Å². The van der Waals surface area contributed by atoms with Crippen LogP contribution in [0.1, 0.15) is 24.2 Å². The van der Waals surface area contributed by atoms with Crippen LogP contribution in [0.2, 0.25) is 10.0 Å². The van der Waals surface area contributed by atoms with E-state index in [1.54, 1.807) is 19.9 Å². The van der Waals surface area contributed by atoms with Gasteiger partial charge < -0.3 is 9.64 Å². The molecule has 0 fully saturated rings. The number of ether oxygens (including phenoxy) is 1. The number of esters is 1. The molecule has 1 amide bonds. The topological polar surface area (TPSA) is 46.6 Å². The molecule has 0 heterocycles. The fraction of sp³-hybridized carbons (Fsp3) is 0.385. The molecule has 1 aromatic rings. The number of rotatable bonds is 5. The number of benzene rings is 1.